The molecule has 0 bridgehead atoms. The topological polar surface area (TPSA) is 29.1 Å². The lowest BCUT2D eigenvalue weighted by atomic mass is 10.1. The molecule has 0 aliphatic heterocycles. The molecule has 0 saturated carbocycles. The molecule has 0 radical (unpaired) electrons. The van der Waals surface area contributed by atoms with Crippen molar-refractivity contribution in [2.24, 2.45) is 0 Å². The third-order valence-electron chi connectivity index (χ3n) is 2.57. The van der Waals surface area contributed by atoms with E-state index in [0.717, 1.165) is 5.56 Å². The van der Waals surface area contributed by atoms with Crippen LogP contribution in [-0.2, 0) is 0 Å². The van der Waals surface area contributed by atoms with Crippen LogP contribution in [0, 0.1) is 6.92 Å². The number of halogens is 2. The van der Waals surface area contributed by atoms with Crippen molar-refractivity contribution in [1.29, 1.82) is 0 Å². The Morgan fingerprint density at radius 1 is 1.11 bits per heavy atom. The van der Waals surface area contributed by atoms with Gasteiger partial charge in [0.25, 0.3) is 5.91 Å². The van der Waals surface area contributed by atoms with Crippen LogP contribution in [0.1, 0.15) is 15.9 Å². The molecule has 2 aromatic rings. The van der Waals surface area contributed by atoms with Crippen molar-refractivity contribution in [2.45, 2.75) is 6.92 Å². The fourth-order valence-electron chi connectivity index (χ4n) is 1.61. The molecule has 92 valence electrons. The van der Waals surface area contributed by atoms with Gasteiger partial charge in [0.15, 0.2) is 0 Å². The number of carbonyl (C=O) groups excluding carboxylic acids is 1. The Bertz CT molecular complexity index is 596. The lowest BCUT2D eigenvalue weighted by Crippen LogP contribution is -2.13. The molecule has 1 amide bonds. The third-order valence-corrected chi connectivity index (χ3v) is 3.12. The summed E-state index contributed by atoms with van der Waals surface area (Å²) in [6.45, 7) is 1.89. The molecular formula is C14H11Cl2NO. The molecule has 1 N–H and O–H groups in total. The minimum atomic E-state index is -0.183. The standard InChI is InChI=1S/C14H11Cl2NO/c1-9-4-2-3-5-11(9)14(18)17-13-7-6-10(15)8-12(13)16/h2-8H,1H3,(H,17,18). The highest BCUT2D eigenvalue weighted by Crippen LogP contribution is 2.26. The Labute approximate surface area is 116 Å². The van der Waals surface area contributed by atoms with E-state index in [2.05, 4.69) is 5.32 Å². The number of nitrogens with one attached hydrogen (secondary N) is 1. The lowest BCUT2D eigenvalue weighted by Gasteiger charge is -2.09. The zero-order chi connectivity index (χ0) is 13.1. The normalized spacial score (nSPS) is 10.2. The van der Waals surface area contributed by atoms with E-state index in [1.165, 1.54) is 0 Å². The molecule has 2 nitrogen and oxygen atoms in total. The predicted octanol–water partition coefficient (Wildman–Crippen LogP) is 4.55. The second-order valence-electron chi connectivity index (χ2n) is 3.89. The fraction of sp³-hybridized carbons (Fsp3) is 0.0714. The fourth-order valence-corrected chi connectivity index (χ4v) is 2.06. The summed E-state index contributed by atoms with van der Waals surface area (Å²) >= 11 is 11.8. The van der Waals surface area contributed by atoms with Crippen LogP contribution in [0.5, 0.6) is 0 Å². The number of carbonyl (C=O) groups is 1. The van der Waals surface area contributed by atoms with E-state index in [0.29, 0.717) is 21.3 Å². The first-order valence-electron chi connectivity index (χ1n) is 5.40. The molecule has 4 heteroatoms. The molecule has 0 heterocycles. The highest BCUT2D eigenvalue weighted by molar-refractivity contribution is 6.36. The first kappa shape index (κ1) is 12.9. The Balaban J connectivity index is 2.24. The Kier molecular flexibility index (Phi) is 3.90. The molecule has 0 aliphatic carbocycles. The number of amides is 1. The van der Waals surface area contributed by atoms with E-state index in [-0.39, 0.29) is 5.91 Å². The second-order valence-corrected chi connectivity index (χ2v) is 4.74. The minimum Gasteiger partial charge on any atom is -0.321 e. The number of rotatable bonds is 2. The molecule has 0 aliphatic rings. The van der Waals surface area contributed by atoms with Gasteiger partial charge in [-0.1, -0.05) is 41.4 Å². The summed E-state index contributed by atoms with van der Waals surface area (Å²) < 4.78 is 0. The van der Waals surface area contributed by atoms with Gasteiger partial charge in [-0.25, -0.2) is 0 Å². The van der Waals surface area contributed by atoms with E-state index in [1.54, 1.807) is 24.3 Å². The zero-order valence-electron chi connectivity index (χ0n) is 9.71. The first-order chi connectivity index (χ1) is 8.58. The molecule has 0 fully saturated rings. The van der Waals surface area contributed by atoms with Crippen molar-refractivity contribution in [1.82, 2.24) is 0 Å². The highest BCUT2D eigenvalue weighted by Gasteiger charge is 2.10. The van der Waals surface area contributed by atoms with Crippen molar-refractivity contribution in [3.8, 4) is 0 Å². The van der Waals surface area contributed by atoms with Gasteiger partial charge >= 0.3 is 0 Å². The van der Waals surface area contributed by atoms with Crippen LogP contribution in [0.25, 0.3) is 0 Å². The lowest BCUT2D eigenvalue weighted by molar-refractivity contribution is 0.102. The van der Waals surface area contributed by atoms with Crippen LogP contribution in [0.3, 0.4) is 0 Å². The van der Waals surface area contributed by atoms with Crippen LogP contribution in [0.15, 0.2) is 42.5 Å². The van der Waals surface area contributed by atoms with Gasteiger partial charge in [0.2, 0.25) is 0 Å². The SMILES string of the molecule is Cc1ccccc1C(=O)Nc1ccc(Cl)cc1Cl. The van der Waals surface area contributed by atoms with Crippen LogP contribution in [-0.4, -0.2) is 5.91 Å². The number of hydrogen-bond acceptors (Lipinski definition) is 1. The van der Waals surface area contributed by atoms with Gasteiger partial charge in [-0.3, -0.25) is 4.79 Å². The summed E-state index contributed by atoms with van der Waals surface area (Å²) in [5.41, 5.74) is 2.10. The van der Waals surface area contributed by atoms with Gasteiger partial charge in [-0.05, 0) is 36.8 Å². The summed E-state index contributed by atoms with van der Waals surface area (Å²) in [6, 6.07) is 12.3. The number of hydrogen-bond donors (Lipinski definition) is 1. The van der Waals surface area contributed by atoms with Gasteiger partial charge < -0.3 is 5.32 Å². The smallest absolute Gasteiger partial charge is 0.255 e. The number of benzene rings is 2. The average molecular weight is 280 g/mol. The summed E-state index contributed by atoms with van der Waals surface area (Å²) in [7, 11) is 0. The zero-order valence-corrected chi connectivity index (χ0v) is 11.2. The van der Waals surface area contributed by atoms with Crippen molar-refractivity contribution >= 4 is 34.8 Å². The van der Waals surface area contributed by atoms with E-state index in [9.17, 15) is 4.79 Å². The van der Waals surface area contributed by atoms with Crippen molar-refractivity contribution in [2.75, 3.05) is 5.32 Å². The van der Waals surface area contributed by atoms with Crippen molar-refractivity contribution in [3.05, 3.63) is 63.6 Å². The van der Waals surface area contributed by atoms with E-state index >= 15 is 0 Å². The van der Waals surface area contributed by atoms with Gasteiger partial charge in [0.05, 0.1) is 10.7 Å². The van der Waals surface area contributed by atoms with Gasteiger partial charge in [-0.2, -0.15) is 0 Å². The molecule has 0 atom stereocenters. The first-order valence-corrected chi connectivity index (χ1v) is 6.15. The van der Waals surface area contributed by atoms with Gasteiger partial charge in [-0.15, -0.1) is 0 Å². The monoisotopic (exact) mass is 279 g/mol. The molecule has 0 saturated heterocycles. The number of anilines is 1. The minimum absolute atomic E-state index is 0.183. The Morgan fingerprint density at radius 3 is 2.50 bits per heavy atom. The van der Waals surface area contributed by atoms with Crippen molar-refractivity contribution < 1.29 is 4.79 Å². The van der Waals surface area contributed by atoms with Gasteiger partial charge in [0.1, 0.15) is 0 Å². The molecule has 0 spiro atoms. The maximum atomic E-state index is 12.1. The predicted molar refractivity (Wildman–Crippen MR) is 75.6 cm³/mol. The van der Waals surface area contributed by atoms with Crippen LogP contribution in [0.2, 0.25) is 10.0 Å². The summed E-state index contributed by atoms with van der Waals surface area (Å²) in [5, 5.41) is 3.72. The summed E-state index contributed by atoms with van der Waals surface area (Å²) in [4.78, 5) is 12.1. The maximum absolute atomic E-state index is 12.1. The maximum Gasteiger partial charge on any atom is 0.255 e. The Hall–Kier alpha value is -1.51. The molecule has 0 aromatic heterocycles. The summed E-state index contributed by atoms with van der Waals surface area (Å²) in [5.74, 6) is -0.183. The molecule has 0 unspecified atom stereocenters. The largest absolute Gasteiger partial charge is 0.321 e. The Morgan fingerprint density at radius 2 is 1.83 bits per heavy atom. The second kappa shape index (κ2) is 5.42. The van der Waals surface area contributed by atoms with Crippen LogP contribution >= 0.6 is 23.2 Å². The van der Waals surface area contributed by atoms with E-state index < -0.39 is 0 Å². The molecule has 2 aromatic carbocycles. The third kappa shape index (κ3) is 2.84. The van der Waals surface area contributed by atoms with E-state index in [1.807, 2.05) is 25.1 Å². The quantitative estimate of drug-likeness (QED) is 0.858. The average Bonchev–Trinajstić information content (AvgIpc) is 2.33. The molecule has 2 rings (SSSR count). The van der Waals surface area contributed by atoms with Gasteiger partial charge in [0, 0.05) is 10.6 Å². The van der Waals surface area contributed by atoms with Crippen LogP contribution in [0.4, 0.5) is 5.69 Å². The van der Waals surface area contributed by atoms with E-state index in [4.69, 9.17) is 23.2 Å². The number of aryl methyl sites for hydroxylation is 1. The highest BCUT2D eigenvalue weighted by atomic mass is 35.5. The molecule has 18 heavy (non-hydrogen) atoms. The van der Waals surface area contributed by atoms with Crippen LogP contribution < -0.4 is 5.32 Å². The molecular weight excluding hydrogens is 269 g/mol. The summed E-state index contributed by atoms with van der Waals surface area (Å²) in [6.07, 6.45) is 0. The van der Waals surface area contributed by atoms with Crippen molar-refractivity contribution in [3.63, 3.8) is 0 Å².